The van der Waals surface area contributed by atoms with Crippen molar-refractivity contribution >= 4 is 47.7 Å². The van der Waals surface area contributed by atoms with Crippen LogP contribution < -0.4 is 31.8 Å². The van der Waals surface area contributed by atoms with E-state index in [4.69, 9.17) is 0 Å². The third kappa shape index (κ3) is 10.1. The predicted molar refractivity (Wildman–Crippen MR) is 245 cm³/mol. The van der Waals surface area contributed by atoms with Gasteiger partial charge in [-0.25, -0.2) is 24.3 Å². The Balaban J connectivity index is 0.000000189. The minimum Gasteiger partial charge on any atom is -0.300 e. The van der Waals surface area contributed by atoms with Gasteiger partial charge in [0.15, 0.2) is 0 Å². The van der Waals surface area contributed by atoms with Gasteiger partial charge >= 0.3 is 17.1 Å². The van der Waals surface area contributed by atoms with Crippen LogP contribution in [0.5, 0.6) is 0 Å². The average molecular weight is 821 g/mol. The summed E-state index contributed by atoms with van der Waals surface area (Å²) in [5.41, 5.74) is 5.46. The van der Waals surface area contributed by atoms with Crippen molar-refractivity contribution in [3.05, 3.63) is 241 Å². The number of hydrogen-bond acceptors (Lipinski definition) is 2. The Morgan fingerprint density at radius 2 is 0.579 bits per heavy atom. The molecule has 57 heavy (non-hydrogen) atoms. The minimum atomic E-state index is -0.604. The van der Waals surface area contributed by atoms with Crippen molar-refractivity contribution in [3.63, 3.8) is 0 Å². The molecule has 8 aromatic carbocycles. The molecular weight excluding hydrogens is 770 g/mol. The molecule has 0 saturated carbocycles. The Labute approximate surface area is 353 Å². The Morgan fingerprint density at radius 1 is 0.333 bits per heavy atom. The molecule has 0 aliphatic carbocycles. The smallest absolute Gasteiger partial charge is 0.300 e. The monoisotopic (exact) mass is 820 g/mol. The van der Waals surface area contributed by atoms with E-state index in [2.05, 4.69) is 256 Å². The topological polar surface area (TPSA) is 6.48 Å². The van der Waals surface area contributed by atoms with Crippen LogP contribution in [0.2, 0.25) is 0 Å². The molecule has 8 aromatic rings. The maximum Gasteiger partial charge on any atom is 2.00 e. The molecule has 0 saturated heterocycles. The second kappa shape index (κ2) is 20.7. The van der Waals surface area contributed by atoms with E-state index in [0.717, 1.165) is 0 Å². The van der Waals surface area contributed by atoms with Gasteiger partial charge < -0.3 is 9.80 Å². The van der Waals surface area contributed by atoms with Gasteiger partial charge in [0.1, 0.15) is 0 Å². The van der Waals surface area contributed by atoms with Crippen LogP contribution >= 0.6 is 15.8 Å². The molecule has 0 fully saturated rings. The molecular formula is C52H50FeN2P2. The Kier molecular flexibility index (Phi) is 15.2. The zero-order valence-electron chi connectivity index (χ0n) is 33.1. The first-order chi connectivity index (χ1) is 27.5. The number of benzene rings is 6. The molecule has 8 rings (SSSR count). The van der Waals surface area contributed by atoms with Gasteiger partial charge in [0, 0.05) is 12.1 Å². The summed E-state index contributed by atoms with van der Waals surface area (Å²) in [5.74, 6) is 0. The van der Waals surface area contributed by atoms with E-state index in [0.29, 0.717) is 0 Å². The second-order valence-corrected chi connectivity index (χ2v) is 18.7. The first-order valence-corrected chi connectivity index (χ1v) is 21.9. The fourth-order valence-corrected chi connectivity index (χ4v) is 12.6. The number of rotatable bonds is 12. The molecule has 0 amide bonds. The van der Waals surface area contributed by atoms with Crippen molar-refractivity contribution in [3.8, 4) is 0 Å². The van der Waals surface area contributed by atoms with Crippen molar-refractivity contribution in [2.45, 2.75) is 12.1 Å². The van der Waals surface area contributed by atoms with Gasteiger partial charge in [0.25, 0.3) is 0 Å². The molecule has 0 heterocycles. The first kappa shape index (κ1) is 41.9. The van der Waals surface area contributed by atoms with E-state index in [1.165, 1.54) is 54.1 Å². The van der Waals surface area contributed by atoms with Crippen molar-refractivity contribution in [2.75, 3.05) is 28.2 Å². The standard InChI is InChI=1S/2C26H25NP.Fe/c2*1-27(2)26(21-13-6-3-7-14-21)24-19-12-20-25(24)28(22-15-8-4-9-16-22)23-17-10-5-11-18-23;/h2*3-20,26H,1-2H3;/q2*-1;+2/t2*26-;/m11./s1. The third-order valence-corrected chi connectivity index (χ3v) is 15.1. The van der Waals surface area contributed by atoms with Crippen LogP contribution in [-0.2, 0) is 17.1 Å². The van der Waals surface area contributed by atoms with Gasteiger partial charge in [-0.15, -0.1) is 21.7 Å². The van der Waals surface area contributed by atoms with Crippen LogP contribution in [0, 0.1) is 0 Å². The maximum atomic E-state index is 2.32. The molecule has 0 unspecified atom stereocenters. The van der Waals surface area contributed by atoms with E-state index in [1.54, 1.807) is 0 Å². The second-order valence-electron chi connectivity index (χ2n) is 14.3. The van der Waals surface area contributed by atoms with Gasteiger partial charge in [-0.1, -0.05) is 198 Å². The number of hydrogen-bond donors (Lipinski definition) is 0. The molecule has 0 radical (unpaired) electrons. The summed E-state index contributed by atoms with van der Waals surface area (Å²) in [6.45, 7) is 0. The molecule has 2 nitrogen and oxygen atoms in total. The fraction of sp³-hybridized carbons (Fsp3) is 0.115. The fourth-order valence-electron chi connectivity index (χ4n) is 7.66. The molecule has 5 heteroatoms. The SMILES string of the molecule is CN(C)[C@H](c1ccccc1)c1ccc[c-]1P(c1ccccc1)c1ccccc1.CN(C)[C@H](c1ccccc1)c1ccc[c-]1P(c1ccccc1)c1ccccc1.[Fe+2]. The molecule has 0 spiro atoms. The zero-order chi connectivity index (χ0) is 38.7. The predicted octanol–water partition coefficient (Wildman–Crippen LogP) is 9.63. The van der Waals surface area contributed by atoms with E-state index >= 15 is 0 Å². The van der Waals surface area contributed by atoms with Crippen molar-refractivity contribution < 1.29 is 17.1 Å². The first-order valence-electron chi connectivity index (χ1n) is 19.3. The molecule has 0 aliphatic heterocycles. The quantitative estimate of drug-likeness (QED) is 0.0689. The van der Waals surface area contributed by atoms with Crippen LogP contribution in [0.3, 0.4) is 0 Å². The summed E-state index contributed by atoms with van der Waals surface area (Å²) < 4.78 is 0. The molecule has 2 atom stereocenters. The third-order valence-electron chi connectivity index (χ3n) is 10.0. The summed E-state index contributed by atoms with van der Waals surface area (Å²) in [4.78, 5) is 4.63. The van der Waals surface area contributed by atoms with Crippen LogP contribution in [0.15, 0.2) is 218 Å². The van der Waals surface area contributed by atoms with Crippen LogP contribution in [-0.4, -0.2) is 38.0 Å². The summed E-state index contributed by atoms with van der Waals surface area (Å²) in [6, 6.07) is 79.5. The van der Waals surface area contributed by atoms with Crippen LogP contribution in [0.1, 0.15) is 34.3 Å². The van der Waals surface area contributed by atoms with Crippen LogP contribution in [0.25, 0.3) is 0 Å². The Bertz CT molecular complexity index is 2080. The van der Waals surface area contributed by atoms with Gasteiger partial charge in [-0.2, -0.15) is 12.1 Å². The van der Waals surface area contributed by atoms with E-state index < -0.39 is 15.8 Å². The van der Waals surface area contributed by atoms with Gasteiger partial charge in [-0.3, -0.25) is 0 Å². The largest absolute Gasteiger partial charge is 2.00 e. The minimum absolute atomic E-state index is 0. The van der Waals surface area contributed by atoms with Gasteiger partial charge in [0.2, 0.25) is 0 Å². The molecule has 0 bridgehead atoms. The van der Waals surface area contributed by atoms with E-state index in [9.17, 15) is 0 Å². The van der Waals surface area contributed by atoms with Gasteiger partial charge in [0.05, 0.1) is 0 Å². The summed E-state index contributed by atoms with van der Waals surface area (Å²) >= 11 is 0. The summed E-state index contributed by atoms with van der Waals surface area (Å²) in [7, 11) is 7.47. The Morgan fingerprint density at radius 3 is 0.825 bits per heavy atom. The molecule has 286 valence electrons. The van der Waals surface area contributed by atoms with Crippen molar-refractivity contribution in [1.82, 2.24) is 9.80 Å². The van der Waals surface area contributed by atoms with E-state index in [-0.39, 0.29) is 29.2 Å². The van der Waals surface area contributed by atoms with Crippen molar-refractivity contribution in [2.24, 2.45) is 0 Å². The van der Waals surface area contributed by atoms with Crippen LogP contribution in [0.4, 0.5) is 0 Å². The van der Waals surface area contributed by atoms with Crippen molar-refractivity contribution in [1.29, 1.82) is 0 Å². The van der Waals surface area contributed by atoms with E-state index in [1.807, 2.05) is 0 Å². The molecule has 0 N–H and O–H groups in total. The average Bonchev–Trinajstić information content (AvgIpc) is 3.91. The molecule has 0 aliphatic rings. The normalized spacial score (nSPS) is 12.2. The molecule has 0 aromatic heterocycles. The van der Waals surface area contributed by atoms with Gasteiger partial charge in [-0.05, 0) is 60.5 Å². The Hall–Kier alpha value is -4.68. The zero-order valence-corrected chi connectivity index (χ0v) is 36.0. The number of nitrogens with zero attached hydrogens (tertiary/aromatic N) is 2. The summed E-state index contributed by atoms with van der Waals surface area (Å²) in [5, 5.41) is 8.44. The summed E-state index contributed by atoms with van der Waals surface area (Å²) in [6.07, 6.45) is 0. The maximum absolute atomic E-state index is 2.32.